The van der Waals surface area contributed by atoms with Crippen molar-refractivity contribution in [2.24, 2.45) is 0 Å². The fourth-order valence-corrected chi connectivity index (χ4v) is 3.43. The number of para-hydroxylation sites is 2. The van der Waals surface area contributed by atoms with Crippen LogP contribution in [-0.4, -0.2) is 27.2 Å². The molecular weight excluding hydrogens is 396 g/mol. The van der Waals surface area contributed by atoms with Crippen molar-refractivity contribution in [2.75, 3.05) is 12.4 Å². The first kappa shape index (κ1) is 19.5. The molecule has 0 spiro atoms. The van der Waals surface area contributed by atoms with Crippen molar-refractivity contribution < 1.29 is 31.1 Å². The Balaban J connectivity index is 2.04. The molecule has 0 aliphatic carbocycles. The van der Waals surface area contributed by atoms with E-state index in [1.165, 1.54) is 25.3 Å². The van der Waals surface area contributed by atoms with E-state index in [1.807, 2.05) is 0 Å². The zero-order valence-corrected chi connectivity index (χ0v) is 15.1. The van der Waals surface area contributed by atoms with Crippen LogP contribution in [0.2, 0.25) is 0 Å². The number of amides is 1. The van der Waals surface area contributed by atoms with Crippen molar-refractivity contribution in [1.82, 2.24) is 0 Å². The van der Waals surface area contributed by atoms with Crippen molar-refractivity contribution in [3.05, 3.63) is 64.5 Å². The Morgan fingerprint density at radius 1 is 1.14 bits per heavy atom. The van der Waals surface area contributed by atoms with Crippen molar-refractivity contribution in [3.63, 3.8) is 0 Å². The molecular formula is C18H13F2NO6S. The number of hydrogen-bond acceptors (Lipinski definition) is 6. The SMILES string of the molecule is COc1cccc2cc(C(=O)Nc3ccccc3S(=O)(=O)C(F)F)c(=O)oc12. The van der Waals surface area contributed by atoms with Crippen molar-refractivity contribution in [2.45, 2.75) is 10.7 Å². The van der Waals surface area contributed by atoms with Gasteiger partial charge >= 0.3 is 11.4 Å². The summed E-state index contributed by atoms with van der Waals surface area (Å²) in [6.45, 7) is 0. The highest BCUT2D eigenvalue weighted by Crippen LogP contribution is 2.27. The van der Waals surface area contributed by atoms with Gasteiger partial charge in [0, 0.05) is 5.39 Å². The normalized spacial score (nSPS) is 11.6. The summed E-state index contributed by atoms with van der Waals surface area (Å²) in [5.74, 6) is -4.38. The highest BCUT2D eigenvalue weighted by atomic mass is 32.2. The van der Waals surface area contributed by atoms with Gasteiger partial charge in [-0.3, -0.25) is 4.79 Å². The van der Waals surface area contributed by atoms with Gasteiger partial charge in [0.2, 0.25) is 9.84 Å². The summed E-state index contributed by atoms with van der Waals surface area (Å²) >= 11 is 0. The molecule has 0 aliphatic rings. The van der Waals surface area contributed by atoms with Crippen LogP contribution >= 0.6 is 0 Å². The first-order valence-corrected chi connectivity index (χ1v) is 9.33. The fourth-order valence-electron chi connectivity index (χ4n) is 2.54. The van der Waals surface area contributed by atoms with Crippen LogP contribution in [-0.2, 0) is 9.84 Å². The molecule has 7 nitrogen and oxygen atoms in total. The molecule has 0 fully saturated rings. The molecule has 0 atom stereocenters. The minimum absolute atomic E-state index is 0.132. The minimum atomic E-state index is -4.96. The molecule has 0 radical (unpaired) electrons. The Labute approximate surface area is 157 Å². The lowest BCUT2D eigenvalue weighted by Crippen LogP contribution is -2.22. The first-order chi connectivity index (χ1) is 13.3. The lowest BCUT2D eigenvalue weighted by atomic mass is 10.1. The predicted molar refractivity (Wildman–Crippen MR) is 96.6 cm³/mol. The van der Waals surface area contributed by atoms with Crippen LogP contribution < -0.4 is 15.7 Å². The second-order valence-corrected chi connectivity index (χ2v) is 7.47. The van der Waals surface area contributed by atoms with Gasteiger partial charge in [-0.25, -0.2) is 13.2 Å². The quantitative estimate of drug-likeness (QED) is 0.650. The van der Waals surface area contributed by atoms with Crippen LogP contribution in [0.3, 0.4) is 0 Å². The zero-order chi connectivity index (χ0) is 20.5. The van der Waals surface area contributed by atoms with E-state index < -0.39 is 37.6 Å². The lowest BCUT2D eigenvalue weighted by Gasteiger charge is -2.11. The van der Waals surface area contributed by atoms with Crippen molar-refractivity contribution >= 4 is 32.4 Å². The molecule has 28 heavy (non-hydrogen) atoms. The molecule has 10 heteroatoms. The van der Waals surface area contributed by atoms with Crippen LogP contribution in [0.25, 0.3) is 11.0 Å². The fraction of sp³-hybridized carbons (Fsp3) is 0.111. The molecule has 146 valence electrons. The van der Waals surface area contributed by atoms with Crippen LogP contribution in [0.5, 0.6) is 5.75 Å². The maximum Gasteiger partial charge on any atom is 0.349 e. The summed E-state index contributed by atoms with van der Waals surface area (Å²) in [5, 5.41) is 2.57. The van der Waals surface area contributed by atoms with E-state index in [9.17, 15) is 26.8 Å². The second-order valence-electron chi connectivity index (χ2n) is 5.58. The average molecular weight is 409 g/mol. The number of rotatable bonds is 5. The molecule has 0 aliphatic heterocycles. The molecule has 0 unspecified atom stereocenters. The van der Waals surface area contributed by atoms with Gasteiger partial charge in [0.15, 0.2) is 11.3 Å². The number of benzene rings is 2. The van der Waals surface area contributed by atoms with E-state index in [2.05, 4.69) is 5.32 Å². The van der Waals surface area contributed by atoms with E-state index in [1.54, 1.807) is 18.2 Å². The highest BCUT2D eigenvalue weighted by molar-refractivity contribution is 7.91. The third kappa shape index (κ3) is 3.46. The third-order valence-electron chi connectivity index (χ3n) is 3.86. The summed E-state index contributed by atoms with van der Waals surface area (Å²) in [7, 11) is -3.57. The summed E-state index contributed by atoms with van der Waals surface area (Å²) in [6, 6.07) is 10.7. The lowest BCUT2D eigenvalue weighted by molar-refractivity contribution is 0.102. The van der Waals surface area contributed by atoms with Gasteiger partial charge in [0.25, 0.3) is 5.91 Å². The van der Waals surface area contributed by atoms with E-state index in [4.69, 9.17) is 9.15 Å². The number of ether oxygens (including phenoxy) is 1. The Kier molecular flexibility index (Phi) is 5.14. The number of sulfone groups is 1. The molecule has 2 aromatic carbocycles. The second kappa shape index (κ2) is 7.39. The van der Waals surface area contributed by atoms with Crippen LogP contribution in [0.1, 0.15) is 10.4 Å². The number of methoxy groups -OCH3 is 1. The maximum absolute atomic E-state index is 12.9. The Morgan fingerprint density at radius 3 is 2.54 bits per heavy atom. The molecule has 3 aromatic rings. The summed E-state index contributed by atoms with van der Waals surface area (Å²) < 4.78 is 59.5. The highest BCUT2D eigenvalue weighted by Gasteiger charge is 2.30. The molecule has 3 rings (SSSR count). The van der Waals surface area contributed by atoms with Gasteiger partial charge in [-0.2, -0.15) is 8.78 Å². The van der Waals surface area contributed by atoms with Crippen LogP contribution in [0, 0.1) is 0 Å². The zero-order valence-electron chi connectivity index (χ0n) is 14.3. The Bertz CT molecular complexity index is 1220. The van der Waals surface area contributed by atoms with Gasteiger partial charge in [-0.1, -0.05) is 24.3 Å². The maximum atomic E-state index is 12.9. The molecule has 1 amide bonds. The number of alkyl halides is 2. The minimum Gasteiger partial charge on any atom is -0.493 e. The van der Waals surface area contributed by atoms with E-state index in [-0.39, 0.29) is 17.0 Å². The van der Waals surface area contributed by atoms with Gasteiger partial charge in [-0.05, 0) is 24.3 Å². The number of nitrogens with one attached hydrogen (secondary N) is 1. The van der Waals surface area contributed by atoms with Gasteiger partial charge < -0.3 is 14.5 Å². The summed E-state index contributed by atoms with van der Waals surface area (Å²) in [4.78, 5) is 23.9. The Hall–Kier alpha value is -3.27. The third-order valence-corrected chi connectivity index (χ3v) is 5.30. The van der Waals surface area contributed by atoms with Crippen molar-refractivity contribution in [1.29, 1.82) is 0 Å². The molecule has 1 heterocycles. The molecule has 0 saturated heterocycles. The standard InChI is InChI=1S/C18H13F2NO6S/c1-26-13-7-4-5-10-9-11(17(23)27-15(10)13)16(22)21-12-6-2-3-8-14(12)28(24,25)18(19)20/h2-9,18H,1H3,(H,21,22). The van der Waals surface area contributed by atoms with Gasteiger partial charge in [-0.15, -0.1) is 0 Å². The van der Waals surface area contributed by atoms with Crippen LogP contribution in [0.15, 0.2) is 62.6 Å². The predicted octanol–water partition coefficient (Wildman–Crippen LogP) is 3.05. The summed E-state index contributed by atoms with van der Waals surface area (Å²) in [5.41, 5.74) is -1.67. The number of hydrogen-bond donors (Lipinski definition) is 1. The Morgan fingerprint density at radius 2 is 1.86 bits per heavy atom. The smallest absolute Gasteiger partial charge is 0.349 e. The van der Waals surface area contributed by atoms with Crippen LogP contribution in [0.4, 0.5) is 14.5 Å². The number of carbonyl (C=O) groups is 1. The van der Waals surface area contributed by atoms with Gasteiger partial charge in [0.05, 0.1) is 17.7 Å². The van der Waals surface area contributed by atoms with Gasteiger partial charge in [0.1, 0.15) is 5.56 Å². The van der Waals surface area contributed by atoms with E-state index >= 15 is 0 Å². The first-order valence-electron chi connectivity index (χ1n) is 7.79. The summed E-state index contributed by atoms with van der Waals surface area (Å²) in [6.07, 6.45) is 0. The van der Waals surface area contributed by atoms with E-state index in [0.29, 0.717) is 5.39 Å². The molecule has 1 N–H and O–H groups in total. The monoisotopic (exact) mass is 409 g/mol. The number of halogens is 2. The largest absolute Gasteiger partial charge is 0.493 e. The molecule has 1 aromatic heterocycles. The average Bonchev–Trinajstić information content (AvgIpc) is 2.67. The topological polar surface area (TPSA) is 103 Å². The number of carbonyl (C=O) groups excluding carboxylic acids is 1. The molecule has 0 bridgehead atoms. The van der Waals surface area contributed by atoms with Crippen molar-refractivity contribution in [3.8, 4) is 5.75 Å². The molecule has 0 saturated carbocycles. The number of anilines is 1. The number of fused-ring (bicyclic) bond motifs is 1. The van der Waals surface area contributed by atoms with E-state index in [0.717, 1.165) is 12.1 Å².